The number of nitrogens with one attached hydrogen (secondary N) is 1. The summed E-state index contributed by atoms with van der Waals surface area (Å²) in [5.74, 6) is 1.58. The SMILES string of the molecule is CCOc1ccc(CCC(=O)Nc2ccc(OCCN)cc2)cc1.Cl. The van der Waals surface area contributed by atoms with E-state index in [0.717, 1.165) is 22.7 Å². The van der Waals surface area contributed by atoms with Crippen molar-refractivity contribution >= 4 is 24.0 Å². The molecule has 0 aliphatic carbocycles. The number of halogens is 1. The highest BCUT2D eigenvalue weighted by Gasteiger charge is 2.04. The minimum Gasteiger partial charge on any atom is -0.494 e. The number of hydrogen-bond acceptors (Lipinski definition) is 4. The summed E-state index contributed by atoms with van der Waals surface area (Å²) in [5.41, 5.74) is 7.25. The average molecular weight is 365 g/mol. The number of carbonyl (C=O) groups excluding carboxylic acids is 1. The molecule has 2 aromatic rings. The molecule has 0 saturated heterocycles. The summed E-state index contributed by atoms with van der Waals surface area (Å²) >= 11 is 0. The number of rotatable bonds is 9. The van der Waals surface area contributed by atoms with Gasteiger partial charge in [-0.3, -0.25) is 4.79 Å². The molecule has 0 aliphatic rings. The average Bonchev–Trinajstić information content (AvgIpc) is 2.61. The largest absolute Gasteiger partial charge is 0.494 e. The number of carbonyl (C=O) groups is 1. The third kappa shape index (κ3) is 7.45. The smallest absolute Gasteiger partial charge is 0.224 e. The van der Waals surface area contributed by atoms with Crippen molar-refractivity contribution in [3.63, 3.8) is 0 Å². The zero-order valence-electron chi connectivity index (χ0n) is 14.4. The standard InChI is InChI=1S/C19H24N2O3.ClH/c1-2-23-17-8-3-15(4-9-17)5-12-19(22)21-16-6-10-18(11-7-16)24-14-13-20;/h3-4,6-11H,2,5,12-14,20H2,1H3,(H,21,22);1H. The van der Waals surface area contributed by atoms with Gasteiger partial charge in [0.1, 0.15) is 18.1 Å². The number of aryl methyl sites for hydroxylation is 1. The first-order chi connectivity index (χ1) is 11.7. The van der Waals surface area contributed by atoms with E-state index in [1.165, 1.54) is 0 Å². The van der Waals surface area contributed by atoms with Gasteiger partial charge in [0.05, 0.1) is 6.61 Å². The molecule has 0 atom stereocenters. The zero-order chi connectivity index (χ0) is 17.2. The number of amides is 1. The molecule has 3 N–H and O–H groups in total. The van der Waals surface area contributed by atoms with Crippen LogP contribution in [0.4, 0.5) is 5.69 Å². The normalized spacial score (nSPS) is 9.84. The molecule has 25 heavy (non-hydrogen) atoms. The molecule has 0 spiro atoms. The summed E-state index contributed by atoms with van der Waals surface area (Å²) in [5, 5.41) is 2.88. The quantitative estimate of drug-likeness (QED) is 0.715. The zero-order valence-corrected chi connectivity index (χ0v) is 15.2. The lowest BCUT2D eigenvalue weighted by molar-refractivity contribution is -0.116. The molecule has 5 nitrogen and oxygen atoms in total. The summed E-state index contributed by atoms with van der Waals surface area (Å²) in [6.07, 6.45) is 1.12. The number of ether oxygens (including phenoxy) is 2. The Kier molecular flexibility index (Phi) is 9.43. The van der Waals surface area contributed by atoms with Crippen LogP contribution in [0.5, 0.6) is 11.5 Å². The van der Waals surface area contributed by atoms with Crippen LogP contribution in [0.15, 0.2) is 48.5 Å². The predicted molar refractivity (Wildman–Crippen MR) is 103 cm³/mol. The lowest BCUT2D eigenvalue weighted by Gasteiger charge is -2.08. The van der Waals surface area contributed by atoms with Gasteiger partial charge in [0.25, 0.3) is 0 Å². The van der Waals surface area contributed by atoms with E-state index in [1.807, 2.05) is 55.5 Å². The van der Waals surface area contributed by atoms with E-state index in [0.29, 0.717) is 32.6 Å². The monoisotopic (exact) mass is 364 g/mol. The van der Waals surface area contributed by atoms with Crippen molar-refractivity contribution < 1.29 is 14.3 Å². The highest BCUT2D eigenvalue weighted by molar-refractivity contribution is 5.90. The molecule has 0 unspecified atom stereocenters. The Hall–Kier alpha value is -2.24. The van der Waals surface area contributed by atoms with E-state index in [-0.39, 0.29) is 18.3 Å². The van der Waals surface area contributed by atoms with Gasteiger partial charge in [0.2, 0.25) is 5.91 Å². The molecule has 0 radical (unpaired) electrons. The van der Waals surface area contributed by atoms with Crippen LogP contribution in [0, 0.1) is 0 Å². The van der Waals surface area contributed by atoms with Gasteiger partial charge < -0.3 is 20.5 Å². The molecular formula is C19H25ClN2O3. The van der Waals surface area contributed by atoms with Crippen LogP contribution < -0.4 is 20.5 Å². The lowest BCUT2D eigenvalue weighted by atomic mass is 10.1. The van der Waals surface area contributed by atoms with Crippen molar-refractivity contribution in [3.8, 4) is 11.5 Å². The summed E-state index contributed by atoms with van der Waals surface area (Å²) in [4.78, 5) is 12.0. The Bertz CT molecular complexity index is 630. The van der Waals surface area contributed by atoms with E-state index < -0.39 is 0 Å². The Labute approximate surface area is 154 Å². The number of benzene rings is 2. The number of anilines is 1. The fraction of sp³-hybridized carbons (Fsp3) is 0.316. The third-order valence-corrected chi connectivity index (χ3v) is 3.40. The van der Waals surface area contributed by atoms with Gasteiger partial charge in [0, 0.05) is 18.7 Å². The molecule has 6 heteroatoms. The maximum absolute atomic E-state index is 12.0. The van der Waals surface area contributed by atoms with Crippen LogP contribution in [0.1, 0.15) is 18.9 Å². The number of nitrogens with two attached hydrogens (primary N) is 1. The van der Waals surface area contributed by atoms with Crippen molar-refractivity contribution in [1.29, 1.82) is 0 Å². The van der Waals surface area contributed by atoms with Crippen LogP contribution >= 0.6 is 12.4 Å². The van der Waals surface area contributed by atoms with Gasteiger partial charge in [-0.2, -0.15) is 0 Å². The van der Waals surface area contributed by atoms with Crippen molar-refractivity contribution in [2.24, 2.45) is 5.73 Å². The van der Waals surface area contributed by atoms with Gasteiger partial charge in [-0.25, -0.2) is 0 Å². The van der Waals surface area contributed by atoms with E-state index in [2.05, 4.69) is 5.32 Å². The Morgan fingerprint density at radius 3 is 2.20 bits per heavy atom. The lowest BCUT2D eigenvalue weighted by Crippen LogP contribution is -2.12. The summed E-state index contributed by atoms with van der Waals surface area (Å²) in [6, 6.07) is 15.1. The van der Waals surface area contributed by atoms with Crippen LogP contribution in [-0.4, -0.2) is 25.7 Å². The first kappa shape index (κ1) is 20.8. The minimum absolute atomic E-state index is 0. The van der Waals surface area contributed by atoms with Gasteiger partial charge in [0.15, 0.2) is 0 Å². The second-order valence-electron chi connectivity index (χ2n) is 5.29. The molecular weight excluding hydrogens is 340 g/mol. The van der Waals surface area contributed by atoms with E-state index >= 15 is 0 Å². The number of hydrogen-bond donors (Lipinski definition) is 2. The van der Waals surface area contributed by atoms with E-state index in [9.17, 15) is 4.79 Å². The first-order valence-corrected chi connectivity index (χ1v) is 8.15. The maximum Gasteiger partial charge on any atom is 0.224 e. The van der Waals surface area contributed by atoms with Crippen LogP contribution in [0.25, 0.3) is 0 Å². The third-order valence-electron chi connectivity index (χ3n) is 3.40. The molecule has 0 aromatic heterocycles. The summed E-state index contributed by atoms with van der Waals surface area (Å²) < 4.78 is 10.8. The van der Waals surface area contributed by atoms with Gasteiger partial charge in [-0.1, -0.05) is 12.1 Å². The molecule has 0 heterocycles. The first-order valence-electron chi connectivity index (χ1n) is 8.15. The highest BCUT2D eigenvalue weighted by atomic mass is 35.5. The second-order valence-corrected chi connectivity index (χ2v) is 5.29. The summed E-state index contributed by atoms with van der Waals surface area (Å²) in [6.45, 7) is 3.56. The molecule has 136 valence electrons. The molecule has 0 bridgehead atoms. The fourth-order valence-electron chi connectivity index (χ4n) is 2.21. The highest BCUT2D eigenvalue weighted by Crippen LogP contribution is 2.17. The van der Waals surface area contributed by atoms with Gasteiger partial charge in [-0.05, 0) is 55.3 Å². The molecule has 2 aromatic carbocycles. The molecule has 0 aliphatic heterocycles. The van der Waals surface area contributed by atoms with Crippen LogP contribution in [-0.2, 0) is 11.2 Å². The molecule has 0 fully saturated rings. The summed E-state index contributed by atoms with van der Waals surface area (Å²) in [7, 11) is 0. The van der Waals surface area contributed by atoms with Crippen molar-refractivity contribution in [1.82, 2.24) is 0 Å². The van der Waals surface area contributed by atoms with Gasteiger partial charge in [-0.15, -0.1) is 12.4 Å². The molecule has 1 amide bonds. The minimum atomic E-state index is -0.0143. The van der Waals surface area contributed by atoms with Crippen LogP contribution in [0.3, 0.4) is 0 Å². The van der Waals surface area contributed by atoms with E-state index in [1.54, 1.807) is 0 Å². The molecule has 2 rings (SSSR count). The van der Waals surface area contributed by atoms with E-state index in [4.69, 9.17) is 15.2 Å². The van der Waals surface area contributed by atoms with Crippen LogP contribution in [0.2, 0.25) is 0 Å². The van der Waals surface area contributed by atoms with Crippen molar-refractivity contribution in [3.05, 3.63) is 54.1 Å². The Morgan fingerprint density at radius 2 is 1.60 bits per heavy atom. The van der Waals surface area contributed by atoms with Crippen molar-refractivity contribution in [2.45, 2.75) is 19.8 Å². The Balaban J connectivity index is 0.00000312. The topological polar surface area (TPSA) is 73.6 Å². The molecule has 0 saturated carbocycles. The second kappa shape index (κ2) is 11.3. The Morgan fingerprint density at radius 1 is 1.00 bits per heavy atom. The van der Waals surface area contributed by atoms with Gasteiger partial charge >= 0.3 is 0 Å². The van der Waals surface area contributed by atoms with Crippen molar-refractivity contribution in [2.75, 3.05) is 25.1 Å². The predicted octanol–water partition coefficient (Wildman–Crippen LogP) is 3.42. The maximum atomic E-state index is 12.0. The fourth-order valence-corrected chi connectivity index (χ4v) is 2.21.